The average Bonchev–Trinajstić information content (AvgIpc) is 2.78. The number of benzene rings is 2. The van der Waals surface area contributed by atoms with Crippen molar-refractivity contribution in [3.8, 4) is 5.75 Å². The average molecular weight is 444 g/mol. The maximum atomic E-state index is 12.7. The monoisotopic (exact) mass is 443 g/mol. The Morgan fingerprint density at radius 3 is 2.16 bits per heavy atom. The van der Waals surface area contributed by atoms with Gasteiger partial charge in [-0.15, -0.1) is 0 Å². The van der Waals surface area contributed by atoms with Gasteiger partial charge < -0.3 is 15.0 Å². The van der Waals surface area contributed by atoms with E-state index in [-0.39, 0.29) is 23.8 Å². The fraction of sp³-hybridized carbons (Fsp3) is 0.417. The largest absolute Gasteiger partial charge is 0.497 e. The lowest BCUT2D eigenvalue weighted by Gasteiger charge is -2.35. The van der Waals surface area contributed by atoms with Gasteiger partial charge in [0.15, 0.2) is 0 Å². The first-order valence-corrected chi connectivity index (χ1v) is 11.0. The molecular weight excluding hydrogens is 414 g/mol. The summed E-state index contributed by atoms with van der Waals surface area (Å²) in [6.07, 6.45) is 0. The highest BCUT2D eigenvalue weighted by atomic mass is 35.5. The maximum absolute atomic E-state index is 12.7. The lowest BCUT2D eigenvalue weighted by atomic mass is 9.96. The van der Waals surface area contributed by atoms with Gasteiger partial charge in [-0.05, 0) is 47.9 Å². The molecule has 1 fully saturated rings. The molecule has 2 aromatic carbocycles. The summed E-state index contributed by atoms with van der Waals surface area (Å²) in [6, 6.07) is 14.7. The van der Waals surface area contributed by atoms with E-state index in [4.69, 9.17) is 16.3 Å². The molecule has 1 saturated heterocycles. The Morgan fingerprint density at radius 1 is 1.00 bits per heavy atom. The quantitative estimate of drug-likeness (QED) is 0.710. The van der Waals surface area contributed by atoms with Crippen LogP contribution in [0.3, 0.4) is 0 Å². The fourth-order valence-electron chi connectivity index (χ4n) is 3.75. The molecular formula is C24H30ClN3O3. The molecule has 2 aromatic rings. The Morgan fingerprint density at radius 2 is 1.61 bits per heavy atom. The second kappa shape index (κ2) is 10.6. The van der Waals surface area contributed by atoms with Gasteiger partial charge in [0.1, 0.15) is 5.75 Å². The minimum absolute atomic E-state index is 0.000135. The number of methoxy groups -OCH3 is 1. The molecule has 0 aromatic heterocycles. The minimum atomic E-state index is -0.0637. The zero-order chi connectivity index (χ0) is 22.4. The highest BCUT2D eigenvalue weighted by molar-refractivity contribution is 6.30. The summed E-state index contributed by atoms with van der Waals surface area (Å²) in [5.41, 5.74) is 1.69. The Kier molecular flexibility index (Phi) is 7.93. The molecule has 7 heteroatoms. The SMILES string of the molecule is COc1ccc(C(NC(=O)CN2CCN(C(=O)c3ccc(Cl)cc3)CC2)C(C)C)cc1. The van der Waals surface area contributed by atoms with Crippen LogP contribution in [0, 0.1) is 5.92 Å². The van der Waals surface area contributed by atoms with Gasteiger partial charge in [-0.1, -0.05) is 37.6 Å². The molecule has 0 radical (unpaired) electrons. The molecule has 3 rings (SSSR count). The van der Waals surface area contributed by atoms with Crippen LogP contribution in [0.1, 0.15) is 35.8 Å². The molecule has 0 spiro atoms. The summed E-state index contributed by atoms with van der Waals surface area (Å²) in [4.78, 5) is 29.3. The van der Waals surface area contributed by atoms with Crippen molar-refractivity contribution in [1.82, 2.24) is 15.1 Å². The summed E-state index contributed by atoms with van der Waals surface area (Å²) in [7, 11) is 1.64. The van der Waals surface area contributed by atoms with E-state index < -0.39 is 0 Å². The molecule has 1 N–H and O–H groups in total. The lowest BCUT2D eigenvalue weighted by molar-refractivity contribution is -0.123. The van der Waals surface area contributed by atoms with Gasteiger partial charge in [-0.3, -0.25) is 14.5 Å². The number of nitrogens with one attached hydrogen (secondary N) is 1. The highest BCUT2D eigenvalue weighted by Crippen LogP contribution is 2.24. The van der Waals surface area contributed by atoms with Crippen molar-refractivity contribution in [2.45, 2.75) is 19.9 Å². The van der Waals surface area contributed by atoms with Crippen LogP contribution in [-0.4, -0.2) is 61.4 Å². The second-order valence-electron chi connectivity index (χ2n) is 8.14. The first-order chi connectivity index (χ1) is 14.9. The van der Waals surface area contributed by atoms with Crippen molar-refractivity contribution in [3.63, 3.8) is 0 Å². The number of amides is 2. The molecule has 0 bridgehead atoms. The molecule has 0 saturated carbocycles. The molecule has 166 valence electrons. The van der Waals surface area contributed by atoms with E-state index in [1.54, 1.807) is 31.4 Å². The number of carbonyl (C=O) groups is 2. The Labute approximate surface area is 189 Å². The van der Waals surface area contributed by atoms with Crippen molar-refractivity contribution >= 4 is 23.4 Å². The molecule has 6 nitrogen and oxygen atoms in total. The highest BCUT2D eigenvalue weighted by Gasteiger charge is 2.25. The molecule has 2 amide bonds. The molecule has 1 unspecified atom stereocenters. The third kappa shape index (κ3) is 6.21. The normalized spacial score (nSPS) is 15.6. The van der Waals surface area contributed by atoms with Crippen LogP contribution in [0.15, 0.2) is 48.5 Å². The van der Waals surface area contributed by atoms with Crippen LogP contribution < -0.4 is 10.1 Å². The van der Waals surface area contributed by atoms with Gasteiger partial charge in [0.05, 0.1) is 19.7 Å². The zero-order valence-electron chi connectivity index (χ0n) is 18.3. The number of ether oxygens (including phenoxy) is 1. The Bertz CT molecular complexity index is 876. The van der Waals surface area contributed by atoms with Crippen LogP contribution in [0.25, 0.3) is 0 Å². The second-order valence-corrected chi connectivity index (χ2v) is 8.57. The molecule has 1 atom stereocenters. The van der Waals surface area contributed by atoms with Gasteiger partial charge in [-0.2, -0.15) is 0 Å². The van der Waals surface area contributed by atoms with Gasteiger partial charge in [0, 0.05) is 36.8 Å². The van der Waals surface area contributed by atoms with Crippen molar-refractivity contribution in [2.24, 2.45) is 5.92 Å². The molecule has 1 aliphatic rings. The first-order valence-electron chi connectivity index (χ1n) is 10.6. The zero-order valence-corrected chi connectivity index (χ0v) is 19.1. The molecule has 1 aliphatic heterocycles. The Balaban J connectivity index is 1.51. The fourth-order valence-corrected chi connectivity index (χ4v) is 3.88. The lowest BCUT2D eigenvalue weighted by Crippen LogP contribution is -2.51. The third-order valence-electron chi connectivity index (χ3n) is 5.58. The van der Waals surface area contributed by atoms with Crippen LogP contribution in [0.4, 0.5) is 0 Å². The molecule has 0 aliphatic carbocycles. The summed E-state index contributed by atoms with van der Waals surface area (Å²) < 4.78 is 5.22. The third-order valence-corrected chi connectivity index (χ3v) is 5.83. The number of halogens is 1. The number of rotatable bonds is 7. The smallest absolute Gasteiger partial charge is 0.253 e. The van der Waals surface area contributed by atoms with Crippen LogP contribution >= 0.6 is 11.6 Å². The van der Waals surface area contributed by atoms with E-state index in [2.05, 4.69) is 24.1 Å². The van der Waals surface area contributed by atoms with E-state index >= 15 is 0 Å². The van der Waals surface area contributed by atoms with Crippen LogP contribution in [-0.2, 0) is 4.79 Å². The van der Waals surface area contributed by atoms with Crippen molar-refractivity contribution in [3.05, 3.63) is 64.7 Å². The maximum Gasteiger partial charge on any atom is 0.253 e. The van der Waals surface area contributed by atoms with E-state index in [0.717, 1.165) is 11.3 Å². The van der Waals surface area contributed by atoms with E-state index in [9.17, 15) is 9.59 Å². The first kappa shape index (κ1) is 23.1. The Hall–Kier alpha value is -2.57. The van der Waals surface area contributed by atoms with E-state index in [1.165, 1.54) is 0 Å². The van der Waals surface area contributed by atoms with E-state index in [0.29, 0.717) is 43.3 Å². The van der Waals surface area contributed by atoms with E-state index in [1.807, 2.05) is 29.2 Å². The van der Waals surface area contributed by atoms with Gasteiger partial charge >= 0.3 is 0 Å². The van der Waals surface area contributed by atoms with Gasteiger partial charge in [0.2, 0.25) is 5.91 Å². The number of hydrogen-bond acceptors (Lipinski definition) is 4. The predicted molar refractivity (Wildman–Crippen MR) is 123 cm³/mol. The summed E-state index contributed by atoms with van der Waals surface area (Å²) in [5, 5.41) is 3.78. The van der Waals surface area contributed by atoms with Gasteiger partial charge in [0.25, 0.3) is 5.91 Å². The summed E-state index contributed by atoms with van der Waals surface area (Å²) >= 11 is 5.90. The van der Waals surface area contributed by atoms with Crippen molar-refractivity contribution in [1.29, 1.82) is 0 Å². The van der Waals surface area contributed by atoms with Crippen LogP contribution in [0.5, 0.6) is 5.75 Å². The molecule has 1 heterocycles. The number of nitrogens with zero attached hydrogens (tertiary/aromatic N) is 2. The number of hydrogen-bond donors (Lipinski definition) is 1. The number of piperazine rings is 1. The van der Waals surface area contributed by atoms with Gasteiger partial charge in [-0.25, -0.2) is 0 Å². The minimum Gasteiger partial charge on any atom is -0.497 e. The predicted octanol–water partition coefficient (Wildman–Crippen LogP) is 3.62. The van der Waals surface area contributed by atoms with Crippen molar-refractivity contribution in [2.75, 3.05) is 39.8 Å². The molecule has 31 heavy (non-hydrogen) atoms. The summed E-state index contributed by atoms with van der Waals surface area (Å²) in [5.74, 6) is 1.04. The van der Waals surface area contributed by atoms with Crippen molar-refractivity contribution < 1.29 is 14.3 Å². The summed E-state index contributed by atoms with van der Waals surface area (Å²) in [6.45, 7) is 7.04. The topological polar surface area (TPSA) is 61.9 Å². The standard InChI is InChI=1S/C24H30ClN3O3/c1-17(2)23(18-6-10-21(31-3)11-7-18)26-22(29)16-27-12-14-28(15-13-27)24(30)19-4-8-20(25)9-5-19/h4-11,17,23H,12-16H2,1-3H3,(H,26,29). The van der Waals surface area contributed by atoms with Crippen LogP contribution in [0.2, 0.25) is 5.02 Å². The number of carbonyl (C=O) groups excluding carboxylic acids is 2.